The molecule has 0 saturated carbocycles. The van der Waals surface area contributed by atoms with Crippen molar-refractivity contribution in [3.05, 3.63) is 0 Å². The molecule has 25 N–H and O–H groups in total. The molecule has 0 aromatic heterocycles. The monoisotopic (exact) mass is 1360 g/mol. The number of carboxylic acid groups (broad SMARTS) is 1. The lowest BCUT2D eigenvalue weighted by Gasteiger charge is -2.50. The second-order valence-electron chi connectivity index (χ2n) is 23.3. The van der Waals surface area contributed by atoms with Gasteiger partial charge in [0.2, 0.25) is 17.7 Å². The highest BCUT2D eigenvalue weighted by molar-refractivity contribution is 5.77. The number of hydrogen-bond donors (Lipinski definition) is 25. The minimum Gasteiger partial charge on any atom is -0.477 e. The van der Waals surface area contributed by atoms with E-state index in [1.165, 1.54) is 0 Å². The number of aliphatic hydroxyl groups excluding tert-OH is 21. The Bertz CT molecular complexity index is 2410. The van der Waals surface area contributed by atoms with E-state index in [9.17, 15) is 132 Å². The summed E-state index contributed by atoms with van der Waals surface area (Å²) in [7, 11) is 0. The zero-order chi connectivity index (χ0) is 69.0. The summed E-state index contributed by atoms with van der Waals surface area (Å²) in [5.41, 5.74) is 0. The van der Waals surface area contributed by atoms with Crippen molar-refractivity contribution in [2.75, 3.05) is 46.2 Å². The number of aliphatic carboxylic acids is 1. The van der Waals surface area contributed by atoms with Crippen molar-refractivity contribution in [2.45, 2.75) is 248 Å². The van der Waals surface area contributed by atoms with Gasteiger partial charge in [-0.15, -0.1) is 0 Å². The summed E-state index contributed by atoms with van der Waals surface area (Å²) < 4.78 is 74.6. The first kappa shape index (κ1) is 76.9. The predicted octanol–water partition coefficient (Wildman–Crippen LogP) is -16.6. The molecule has 93 heavy (non-hydrogen) atoms. The van der Waals surface area contributed by atoms with Crippen molar-refractivity contribution in [1.29, 1.82) is 0 Å². The van der Waals surface area contributed by atoms with Crippen LogP contribution in [0.5, 0.6) is 0 Å². The maximum absolute atomic E-state index is 12.9. The molecule has 36 unspecified atom stereocenters. The van der Waals surface area contributed by atoms with Crippen LogP contribution in [0.2, 0.25) is 0 Å². The largest absolute Gasteiger partial charge is 0.477 e. The number of amides is 3. The third-order valence-electron chi connectivity index (χ3n) is 16.7. The first-order valence-electron chi connectivity index (χ1n) is 29.2. The molecule has 36 atom stereocenters. The quantitative estimate of drug-likeness (QED) is 0.0404. The SMILES string of the molecule is CC(=O)NC1C(OCC2OC(OC3C(CO)OC(O)C(O)C3O)C(O)C(OC3OC(CO)C(OC4OC(COC5(C(=O)O)CC(O)C(NC(C)=O)C(C(O)C(O)CO)O5)C(O)C(O)C4O)C(O)C3NC(C)=O)C2O)OC(CO)C(OC2OC(CO)C(O)C(O)C2O)C1O. The molecule has 7 fully saturated rings. The normalized spacial score (nSPS) is 47.2. The molecule has 7 heterocycles. The van der Waals surface area contributed by atoms with Crippen molar-refractivity contribution < 1.29 is 193 Å². The molecule has 7 aliphatic heterocycles. The molecule has 7 rings (SSSR count). The van der Waals surface area contributed by atoms with Crippen molar-refractivity contribution in [3.63, 3.8) is 0 Å². The number of aliphatic hydroxyl groups is 21. The molecule has 42 heteroatoms. The summed E-state index contributed by atoms with van der Waals surface area (Å²) in [6, 6.07) is -5.34. The summed E-state index contributed by atoms with van der Waals surface area (Å²) >= 11 is 0. The summed E-state index contributed by atoms with van der Waals surface area (Å²) in [5.74, 6) is -7.67. The highest BCUT2D eigenvalue weighted by Crippen LogP contribution is 2.39. The van der Waals surface area contributed by atoms with Gasteiger partial charge in [0.1, 0.15) is 165 Å². The van der Waals surface area contributed by atoms with E-state index in [0.29, 0.717) is 0 Å². The molecule has 7 saturated heterocycles. The molecule has 7 aliphatic rings. The molecule has 0 spiro atoms. The van der Waals surface area contributed by atoms with E-state index in [0.717, 1.165) is 20.8 Å². The maximum Gasteiger partial charge on any atom is 0.364 e. The van der Waals surface area contributed by atoms with Gasteiger partial charge in [-0.2, -0.15) is 0 Å². The number of carbonyl (C=O) groups excluding carboxylic acids is 3. The van der Waals surface area contributed by atoms with E-state index in [1.54, 1.807) is 0 Å². The van der Waals surface area contributed by atoms with Gasteiger partial charge in [0.25, 0.3) is 5.79 Å². The number of carbonyl (C=O) groups is 4. The van der Waals surface area contributed by atoms with Gasteiger partial charge in [0, 0.05) is 27.2 Å². The first-order chi connectivity index (χ1) is 43.8. The van der Waals surface area contributed by atoms with Crippen LogP contribution in [0.1, 0.15) is 27.2 Å². The molecule has 0 aromatic carbocycles. The average Bonchev–Trinajstić information content (AvgIpc) is 0.790. The van der Waals surface area contributed by atoms with Crippen molar-refractivity contribution >= 4 is 23.7 Å². The number of rotatable bonds is 25. The Morgan fingerprint density at radius 2 is 0.849 bits per heavy atom. The summed E-state index contributed by atoms with van der Waals surface area (Å²) in [4.78, 5) is 50.4. The van der Waals surface area contributed by atoms with E-state index in [-0.39, 0.29) is 0 Å². The van der Waals surface area contributed by atoms with Crippen LogP contribution >= 0.6 is 0 Å². The Labute approximate surface area is 525 Å². The van der Waals surface area contributed by atoms with Crippen LogP contribution in [0.4, 0.5) is 0 Å². The van der Waals surface area contributed by atoms with Crippen LogP contribution in [-0.2, 0) is 80.8 Å². The Balaban J connectivity index is 1.13. The average molecular weight is 1360 g/mol. The number of nitrogens with one attached hydrogen (secondary N) is 3. The standard InChI is InChI=1S/C51H85N3O39/c1-12(60)52-23-15(63)4-51(50(79)80,93-42(23)26(65)16(64)5-55)82-11-22-28(67)33(72)37(76)48(88-22)90-40-20(9-59)86-46(25(31(40)70)54-14(3)62)92-43-29(68)21(87-49(38(43)77)91-41-18(7-57)83-44(78)35(74)34(41)73)10-81-45-24(53-13(2)61)30(69)39(19(8-58)85-45)89-47-36(75)32(71)27(66)17(6-56)84-47/h15-49,55-59,63-78H,4-11H2,1-3H3,(H,52,60)(H,53,61)(H,54,62)(H,79,80). The highest BCUT2D eigenvalue weighted by atomic mass is 16.8. The lowest BCUT2D eigenvalue weighted by Crippen LogP contribution is -2.70. The van der Waals surface area contributed by atoms with Gasteiger partial charge in [-0.05, 0) is 0 Å². The van der Waals surface area contributed by atoms with Crippen LogP contribution < -0.4 is 16.0 Å². The minimum absolute atomic E-state index is 0.813. The van der Waals surface area contributed by atoms with E-state index in [1.807, 2.05) is 0 Å². The topological polar surface area (TPSA) is 669 Å². The second-order valence-corrected chi connectivity index (χ2v) is 23.3. The van der Waals surface area contributed by atoms with Gasteiger partial charge in [-0.3, -0.25) is 14.4 Å². The predicted molar refractivity (Wildman–Crippen MR) is 284 cm³/mol. The van der Waals surface area contributed by atoms with Gasteiger partial charge in [0.05, 0.1) is 58.4 Å². The Morgan fingerprint density at radius 3 is 1.33 bits per heavy atom. The van der Waals surface area contributed by atoms with E-state index < -0.39 is 297 Å². The highest BCUT2D eigenvalue weighted by Gasteiger charge is 2.60. The minimum atomic E-state index is -3.03. The zero-order valence-electron chi connectivity index (χ0n) is 49.6. The van der Waals surface area contributed by atoms with Gasteiger partial charge in [0.15, 0.2) is 37.7 Å². The molecule has 0 aromatic rings. The lowest BCUT2D eigenvalue weighted by atomic mass is 9.88. The smallest absolute Gasteiger partial charge is 0.364 e. The number of carboxylic acids is 1. The maximum atomic E-state index is 12.9. The Hall–Kier alpha value is -3.48. The van der Waals surface area contributed by atoms with Gasteiger partial charge in [-0.1, -0.05) is 0 Å². The van der Waals surface area contributed by atoms with Crippen molar-refractivity contribution in [3.8, 4) is 0 Å². The fourth-order valence-corrected chi connectivity index (χ4v) is 11.7. The summed E-state index contributed by atoms with van der Waals surface area (Å²) in [6.07, 6.45) is -66.4. The van der Waals surface area contributed by atoms with Crippen LogP contribution in [0.25, 0.3) is 0 Å². The Morgan fingerprint density at radius 1 is 0.441 bits per heavy atom. The number of hydrogen-bond acceptors (Lipinski definition) is 38. The van der Waals surface area contributed by atoms with Crippen LogP contribution in [0.15, 0.2) is 0 Å². The van der Waals surface area contributed by atoms with Crippen LogP contribution in [-0.4, -0.2) is 403 Å². The molecular formula is C51H85N3O39. The molecule has 0 aliphatic carbocycles. The Kier molecular flexibility index (Phi) is 27.2. The molecule has 0 radical (unpaired) electrons. The fraction of sp³-hybridized carbons (Fsp3) is 0.922. The van der Waals surface area contributed by atoms with Gasteiger partial charge in [-0.25, -0.2) is 4.79 Å². The van der Waals surface area contributed by atoms with E-state index in [4.69, 9.17) is 61.6 Å². The molecule has 0 bridgehead atoms. The first-order valence-corrected chi connectivity index (χ1v) is 29.2. The number of ether oxygens (including phenoxy) is 13. The third kappa shape index (κ3) is 17.0. The van der Waals surface area contributed by atoms with Crippen LogP contribution in [0.3, 0.4) is 0 Å². The van der Waals surface area contributed by atoms with E-state index in [2.05, 4.69) is 16.0 Å². The van der Waals surface area contributed by atoms with Gasteiger partial charge < -0.3 is 190 Å². The van der Waals surface area contributed by atoms with Gasteiger partial charge >= 0.3 is 5.97 Å². The molecule has 42 nitrogen and oxygen atoms in total. The molecular weight excluding hydrogens is 1280 g/mol. The van der Waals surface area contributed by atoms with E-state index >= 15 is 0 Å². The van der Waals surface area contributed by atoms with Crippen molar-refractivity contribution in [1.82, 2.24) is 16.0 Å². The van der Waals surface area contributed by atoms with Crippen LogP contribution in [0, 0.1) is 0 Å². The fourth-order valence-electron chi connectivity index (χ4n) is 11.7. The summed E-state index contributed by atoms with van der Waals surface area (Å²) in [5, 5.41) is 244. The molecule has 538 valence electrons. The summed E-state index contributed by atoms with van der Waals surface area (Å²) in [6.45, 7) is -4.54. The lowest BCUT2D eigenvalue weighted by molar-refractivity contribution is -0.385. The van der Waals surface area contributed by atoms with Crippen molar-refractivity contribution in [2.24, 2.45) is 0 Å². The molecule has 3 amide bonds. The second kappa shape index (κ2) is 32.9. The third-order valence-corrected chi connectivity index (χ3v) is 16.7. The zero-order valence-corrected chi connectivity index (χ0v) is 49.6.